The van der Waals surface area contributed by atoms with E-state index in [4.69, 9.17) is 4.74 Å². The van der Waals surface area contributed by atoms with Crippen LogP contribution >= 0.6 is 0 Å². The quantitative estimate of drug-likeness (QED) is 0.485. The highest BCUT2D eigenvalue weighted by Crippen LogP contribution is 2.62. The van der Waals surface area contributed by atoms with Gasteiger partial charge in [-0.05, 0) is 76.7 Å². The first-order valence-corrected chi connectivity index (χ1v) is 14.1. The lowest BCUT2D eigenvalue weighted by molar-refractivity contribution is -0.174. The molecule has 5 aliphatic rings. The second-order valence-corrected chi connectivity index (χ2v) is 13.6. The molecule has 1 N–H and O–H groups in total. The first kappa shape index (κ1) is 23.6. The minimum atomic E-state index is -3.05. The Balaban J connectivity index is 1.29. The zero-order chi connectivity index (χ0) is 24.5. The molecule has 34 heavy (non-hydrogen) atoms. The minimum Gasteiger partial charge on any atom is -0.457 e. The summed E-state index contributed by atoms with van der Waals surface area (Å²) in [6.45, 7) is 4.90. The number of amides is 1. The van der Waals surface area contributed by atoms with Crippen LogP contribution in [0.15, 0.2) is 6.07 Å². The van der Waals surface area contributed by atoms with Gasteiger partial charge in [-0.3, -0.25) is 14.4 Å². The molecule has 1 aromatic heterocycles. The summed E-state index contributed by atoms with van der Waals surface area (Å²) >= 11 is 0. The second kappa shape index (κ2) is 7.93. The maximum atomic E-state index is 13.3. The van der Waals surface area contributed by atoms with Gasteiger partial charge in [-0.1, -0.05) is 0 Å². The maximum Gasteiger partial charge on any atom is 0.312 e. The van der Waals surface area contributed by atoms with E-state index >= 15 is 0 Å². The average Bonchev–Trinajstić information content (AvgIpc) is 3.21. The van der Waals surface area contributed by atoms with Gasteiger partial charge in [0.25, 0.3) is 0 Å². The molecule has 1 amide bonds. The Morgan fingerprint density at radius 2 is 1.82 bits per heavy atom. The van der Waals surface area contributed by atoms with Crippen LogP contribution in [0.5, 0.6) is 0 Å². The van der Waals surface area contributed by atoms with Crippen LogP contribution in [0, 0.1) is 31.1 Å². The van der Waals surface area contributed by atoms with Crippen LogP contribution in [-0.4, -0.2) is 54.3 Å². The Kier molecular flexibility index (Phi) is 5.50. The van der Waals surface area contributed by atoms with Crippen molar-refractivity contribution < 1.29 is 27.5 Å². The summed E-state index contributed by atoms with van der Waals surface area (Å²) in [7, 11) is -3.05. The molecule has 4 saturated carbocycles. The van der Waals surface area contributed by atoms with Crippen LogP contribution in [0.4, 0.5) is 0 Å². The van der Waals surface area contributed by atoms with E-state index in [9.17, 15) is 22.8 Å². The van der Waals surface area contributed by atoms with E-state index in [1.807, 2.05) is 18.4 Å². The molecular formula is C25H34N2O6S. The molecule has 1 aliphatic heterocycles. The van der Waals surface area contributed by atoms with Gasteiger partial charge < -0.3 is 14.6 Å². The molecule has 1 aromatic rings. The molecular weight excluding hydrogens is 456 g/mol. The number of hydrogen-bond acceptors (Lipinski definition) is 6. The highest BCUT2D eigenvalue weighted by Gasteiger charge is 2.61. The summed E-state index contributed by atoms with van der Waals surface area (Å²) in [5.74, 6) is 0.407. The molecule has 8 nitrogen and oxygen atoms in total. The molecule has 6 rings (SSSR count). The Morgan fingerprint density at radius 3 is 2.41 bits per heavy atom. The predicted molar refractivity (Wildman–Crippen MR) is 125 cm³/mol. The Hall–Kier alpha value is -2.16. The molecule has 3 atom stereocenters. The predicted octanol–water partition coefficient (Wildman–Crippen LogP) is 2.67. The molecule has 2 heterocycles. The summed E-state index contributed by atoms with van der Waals surface area (Å²) < 4.78 is 31.5. The van der Waals surface area contributed by atoms with E-state index < -0.39 is 15.3 Å². The van der Waals surface area contributed by atoms with Crippen molar-refractivity contribution in [1.29, 1.82) is 0 Å². The van der Waals surface area contributed by atoms with Gasteiger partial charge in [0, 0.05) is 35.5 Å². The number of ether oxygens (including phenoxy) is 1. The van der Waals surface area contributed by atoms with E-state index in [1.165, 1.54) is 6.92 Å². The fourth-order valence-electron chi connectivity index (χ4n) is 7.98. The number of aromatic nitrogens is 1. The molecule has 0 aromatic carbocycles. The van der Waals surface area contributed by atoms with Gasteiger partial charge in [0.2, 0.25) is 11.7 Å². The lowest BCUT2D eigenvalue weighted by Crippen LogP contribution is -2.64. The van der Waals surface area contributed by atoms with Crippen molar-refractivity contribution >= 4 is 27.5 Å². The first-order valence-electron chi connectivity index (χ1n) is 12.3. The van der Waals surface area contributed by atoms with Gasteiger partial charge in [-0.2, -0.15) is 0 Å². The van der Waals surface area contributed by atoms with Gasteiger partial charge >= 0.3 is 5.97 Å². The van der Waals surface area contributed by atoms with E-state index in [1.54, 1.807) is 6.07 Å². The number of hydrogen-bond donors (Lipinski definition) is 1. The standard InChI is InChI=1S/C25H34N2O6S/c1-15-6-21(16(2)27(15)20-4-5-34(31,32)13-20)22(29)12-33-23(30)24-8-18-7-19(9-24)11-25(10-18,14-24)26-17(3)28/h6,18-20H,4-5,7-14H2,1-3H3,(H,26,28). The van der Waals surface area contributed by atoms with Crippen molar-refractivity contribution in [2.24, 2.45) is 17.3 Å². The SMILES string of the molecule is CC(=O)NC12CC3CC(C1)CC(C(=O)OCC(=O)c1cc(C)n(C4CCS(=O)(=O)C4)c1C)(C3)C2. The highest BCUT2D eigenvalue weighted by atomic mass is 32.2. The lowest BCUT2D eigenvalue weighted by Gasteiger charge is -2.60. The van der Waals surface area contributed by atoms with Crippen LogP contribution in [0.25, 0.3) is 0 Å². The van der Waals surface area contributed by atoms with Crippen molar-refractivity contribution in [2.75, 3.05) is 18.1 Å². The lowest BCUT2D eigenvalue weighted by atomic mass is 9.47. The Morgan fingerprint density at radius 1 is 1.15 bits per heavy atom. The molecule has 0 radical (unpaired) electrons. The molecule has 9 heteroatoms. The Labute approximate surface area is 200 Å². The zero-order valence-corrected chi connectivity index (χ0v) is 21.0. The third-order valence-electron chi connectivity index (χ3n) is 8.63. The summed E-state index contributed by atoms with van der Waals surface area (Å²) in [4.78, 5) is 38.2. The molecule has 1 saturated heterocycles. The molecule has 5 fully saturated rings. The number of carbonyl (C=O) groups excluding carboxylic acids is 3. The van der Waals surface area contributed by atoms with Crippen molar-refractivity contribution in [1.82, 2.24) is 9.88 Å². The number of esters is 1. The number of carbonyl (C=O) groups is 3. The zero-order valence-electron chi connectivity index (χ0n) is 20.2. The van der Waals surface area contributed by atoms with E-state index in [0.29, 0.717) is 30.2 Å². The number of ketones is 1. The summed E-state index contributed by atoms with van der Waals surface area (Å²) in [6, 6.07) is 1.61. The van der Waals surface area contributed by atoms with Gasteiger partial charge in [-0.15, -0.1) is 0 Å². The summed E-state index contributed by atoms with van der Waals surface area (Å²) in [5.41, 5.74) is 1.09. The average molecular weight is 491 g/mol. The molecule has 0 spiro atoms. The van der Waals surface area contributed by atoms with Crippen LogP contribution in [0.2, 0.25) is 0 Å². The van der Waals surface area contributed by atoms with E-state index in [-0.39, 0.29) is 47.4 Å². The first-order chi connectivity index (χ1) is 15.9. The van der Waals surface area contributed by atoms with Crippen LogP contribution in [-0.2, 0) is 24.2 Å². The second-order valence-electron chi connectivity index (χ2n) is 11.4. The van der Waals surface area contributed by atoms with Crippen molar-refractivity contribution in [3.63, 3.8) is 0 Å². The smallest absolute Gasteiger partial charge is 0.312 e. The van der Waals surface area contributed by atoms with Crippen molar-refractivity contribution in [3.05, 3.63) is 23.0 Å². The largest absolute Gasteiger partial charge is 0.457 e. The molecule has 3 unspecified atom stereocenters. The third-order valence-corrected chi connectivity index (χ3v) is 10.4. The van der Waals surface area contributed by atoms with Gasteiger partial charge in [0.1, 0.15) is 0 Å². The molecule has 4 aliphatic carbocycles. The van der Waals surface area contributed by atoms with E-state index in [2.05, 4.69) is 5.32 Å². The third kappa shape index (κ3) is 3.99. The highest BCUT2D eigenvalue weighted by molar-refractivity contribution is 7.91. The fraction of sp³-hybridized carbons (Fsp3) is 0.720. The maximum absolute atomic E-state index is 13.3. The van der Waals surface area contributed by atoms with Gasteiger partial charge in [-0.25, -0.2) is 8.42 Å². The number of nitrogens with zero attached hydrogens (tertiary/aromatic N) is 1. The van der Waals surface area contributed by atoms with Crippen molar-refractivity contribution in [2.45, 2.75) is 77.3 Å². The van der Waals surface area contributed by atoms with Crippen LogP contribution in [0.3, 0.4) is 0 Å². The molecule has 4 bridgehead atoms. The molecule has 186 valence electrons. The minimum absolute atomic E-state index is 0.0638. The number of sulfone groups is 1. The number of nitrogens with one attached hydrogen (secondary N) is 1. The Bertz CT molecular complexity index is 1150. The van der Waals surface area contributed by atoms with Crippen LogP contribution in [0.1, 0.15) is 79.7 Å². The number of Topliss-reactive ketones (excluding diaryl/α,β-unsaturated/α-hetero) is 1. The van der Waals surface area contributed by atoms with Crippen LogP contribution < -0.4 is 5.32 Å². The summed E-state index contributed by atoms with van der Waals surface area (Å²) in [6.07, 6.45) is 5.59. The number of aryl methyl sites for hydroxylation is 1. The van der Waals surface area contributed by atoms with Gasteiger partial charge in [0.15, 0.2) is 16.4 Å². The monoisotopic (exact) mass is 490 g/mol. The normalized spacial score (nSPS) is 35.3. The van der Waals surface area contributed by atoms with Crippen molar-refractivity contribution in [3.8, 4) is 0 Å². The van der Waals surface area contributed by atoms with E-state index in [0.717, 1.165) is 43.5 Å². The number of rotatable bonds is 6. The van der Waals surface area contributed by atoms with Gasteiger partial charge in [0.05, 0.1) is 16.9 Å². The summed E-state index contributed by atoms with van der Waals surface area (Å²) in [5, 5.41) is 3.15. The topological polar surface area (TPSA) is 112 Å². The fourth-order valence-corrected chi connectivity index (χ4v) is 9.68.